The van der Waals surface area contributed by atoms with E-state index >= 15 is 0 Å². The Labute approximate surface area is 175 Å². The SMILES string of the molecule is CC(C)(C)c1ccc(C(=O)NNC(=O)[C@@H]2CC(=O)N(c3ccc(Cl)cc3)C2)cc1. The molecule has 0 aliphatic carbocycles. The van der Waals surface area contributed by atoms with Crippen molar-refractivity contribution in [2.24, 2.45) is 5.92 Å². The summed E-state index contributed by atoms with van der Waals surface area (Å²) in [4.78, 5) is 38.5. The lowest BCUT2D eigenvalue weighted by Gasteiger charge is -2.19. The number of rotatable bonds is 3. The van der Waals surface area contributed by atoms with Crippen LogP contribution in [0.1, 0.15) is 43.1 Å². The second-order valence-corrected chi connectivity index (χ2v) is 8.59. The van der Waals surface area contributed by atoms with E-state index in [1.807, 2.05) is 12.1 Å². The highest BCUT2D eigenvalue weighted by Crippen LogP contribution is 2.26. The maximum Gasteiger partial charge on any atom is 0.269 e. The minimum absolute atomic E-state index is 0.00576. The number of hydrogen-bond donors (Lipinski definition) is 2. The third-order valence-electron chi connectivity index (χ3n) is 4.95. The summed E-state index contributed by atoms with van der Waals surface area (Å²) in [5, 5.41) is 0.577. The quantitative estimate of drug-likeness (QED) is 0.756. The van der Waals surface area contributed by atoms with Crippen LogP contribution in [0.3, 0.4) is 0 Å². The highest BCUT2D eigenvalue weighted by Gasteiger charge is 2.35. The summed E-state index contributed by atoms with van der Waals surface area (Å²) in [5.41, 5.74) is 7.11. The van der Waals surface area contributed by atoms with Gasteiger partial charge in [-0.2, -0.15) is 0 Å². The molecule has 0 spiro atoms. The highest BCUT2D eigenvalue weighted by atomic mass is 35.5. The average molecular weight is 414 g/mol. The maximum atomic E-state index is 12.4. The van der Waals surface area contributed by atoms with Gasteiger partial charge in [0.2, 0.25) is 11.8 Å². The van der Waals surface area contributed by atoms with Crippen LogP contribution in [0.15, 0.2) is 48.5 Å². The maximum absolute atomic E-state index is 12.4. The number of hydrazine groups is 1. The summed E-state index contributed by atoms with van der Waals surface area (Å²) >= 11 is 5.88. The lowest BCUT2D eigenvalue weighted by atomic mass is 9.87. The van der Waals surface area contributed by atoms with E-state index < -0.39 is 17.7 Å². The number of benzene rings is 2. The monoisotopic (exact) mass is 413 g/mol. The molecule has 1 fully saturated rings. The number of halogens is 1. The zero-order valence-electron chi connectivity index (χ0n) is 16.7. The van der Waals surface area contributed by atoms with Crippen LogP contribution in [0.5, 0.6) is 0 Å². The summed E-state index contributed by atoms with van der Waals surface area (Å²) in [6.07, 6.45) is 0.0879. The van der Waals surface area contributed by atoms with Gasteiger partial charge in [-0.1, -0.05) is 44.5 Å². The molecule has 1 heterocycles. The van der Waals surface area contributed by atoms with Crippen molar-refractivity contribution in [2.75, 3.05) is 11.4 Å². The normalized spacial score (nSPS) is 16.6. The molecule has 1 aliphatic heterocycles. The van der Waals surface area contributed by atoms with E-state index in [0.29, 0.717) is 16.3 Å². The van der Waals surface area contributed by atoms with Gasteiger partial charge >= 0.3 is 0 Å². The molecule has 0 unspecified atom stereocenters. The fourth-order valence-corrected chi connectivity index (χ4v) is 3.29. The average Bonchev–Trinajstić information content (AvgIpc) is 3.07. The highest BCUT2D eigenvalue weighted by molar-refractivity contribution is 6.30. The van der Waals surface area contributed by atoms with Gasteiger partial charge in [0.25, 0.3) is 5.91 Å². The van der Waals surface area contributed by atoms with Gasteiger partial charge in [0.15, 0.2) is 0 Å². The van der Waals surface area contributed by atoms with E-state index in [-0.39, 0.29) is 24.3 Å². The second kappa shape index (κ2) is 8.25. The van der Waals surface area contributed by atoms with E-state index in [1.54, 1.807) is 41.3 Å². The van der Waals surface area contributed by atoms with Crippen LogP contribution in [0, 0.1) is 5.92 Å². The van der Waals surface area contributed by atoms with Crippen LogP contribution in [0.25, 0.3) is 0 Å². The molecule has 6 nitrogen and oxygen atoms in total. The molecule has 3 amide bonds. The fraction of sp³-hybridized carbons (Fsp3) is 0.318. The molecule has 0 radical (unpaired) electrons. The molecule has 2 aromatic carbocycles. The molecule has 0 saturated carbocycles. The van der Waals surface area contributed by atoms with E-state index in [9.17, 15) is 14.4 Å². The molecule has 1 saturated heterocycles. The topological polar surface area (TPSA) is 78.5 Å². The van der Waals surface area contributed by atoms with Crippen molar-refractivity contribution in [2.45, 2.75) is 32.6 Å². The molecule has 1 aliphatic rings. The van der Waals surface area contributed by atoms with Crippen molar-refractivity contribution in [3.05, 3.63) is 64.7 Å². The molecule has 7 heteroatoms. The van der Waals surface area contributed by atoms with Crippen LogP contribution in [-0.4, -0.2) is 24.3 Å². The number of nitrogens with one attached hydrogen (secondary N) is 2. The van der Waals surface area contributed by atoms with Crippen molar-refractivity contribution in [3.63, 3.8) is 0 Å². The first-order chi connectivity index (χ1) is 13.6. The Bertz CT molecular complexity index is 918. The first-order valence-corrected chi connectivity index (χ1v) is 9.79. The van der Waals surface area contributed by atoms with Gasteiger partial charge in [0.05, 0.1) is 5.92 Å². The predicted octanol–water partition coefficient (Wildman–Crippen LogP) is 3.45. The molecule has 0 bridgehead atoms. The van der Waals surface area contributed by atoms with Gasteiger partial charge in [0.1, 0.15) is 0 Å². The number of carbonyl (C=O) groups is 3. The van der Waals surface area contributed by atoms with E-state index in [2.05, 4.69) is 31.6 Å². The van der Waals surface area contributed by atoms with Gasteiger partial charge in [0, 0.05) is 29.2 Å². The van der Waals surface area contributed by atoms with Crippen LogP contribution < -0.4 is 15.8 Å². The zero-order valence-corrected chi connectivity index (χ0v) is 17.4. The number of nitrogens with zero attached hydrogens (tertiary/aromatic N) is 1. The van der Waals surface area contributed by atoms with Crippen LogP contribution in [-0.2, 0) is 15.0 Å². The van der Waals surface area contributed by atoms with Crippen molar-refractivity contribution in [3.8, 4) is 0 Å². The molecule has 0 aromatic heterocycles. The Morgan fingerprint density at radius 3 is 2.21 bits per heavy atom. The molecular weight excluding hydrogens is 390 g/mol. The molecule has 2 N–H and O–H groups in total. The summed E-state index contributed by atoms with van der Waals surface area (Å²) in [6, 6.07) is 14.1. The Hall–Kier alpha value is -2.86. The molecule has 2 aromatic rings. The summed E-state index contributed by atoms with van der Waals surface area (Å²) in [6.45, 7) is 6.54. The van der Waals surface area contributed by atoms with Crippen molar-refractivity contribution < 1.29 is 14.4 Å². The van der Waals surface area contributed by atoms with Crippen molar-refractivity contribution in [1.82, 2.24) is 10.9 Å². The molecule has 1 atom stereocenters. The molecule has 152 valence electrons. The standard InChI is InChI=1S/C22H24ClN3O3/c1-22(2,3)16-6-4-14(5-7-16)20(28)24-25-21(29)15-12-19(27)26(13-15)18-10-8-17(23)9-11-18/h4-11,15H,12-13H2,1-3H3,(H,24,28)(H,25,29)/t15-/m1/s1. The van der Waals surface area contributed by atoms with Gasteiger partial charge in [-0.25, -0.2) is 0 Å². The minimum atomic E-state index is -0.540. The smallest absolute Gasteiger partial charge is 0.269 e. The first kappa shape index (κ1) is 20.9. The molecular formula is C22H24ClN3O3. The van der Waals surface area contributed by atoms with E-state index in [4.69, 9.17) is 11.6 Å². The Balaban J connectivity index is 1.56. The van der Waals surface area contributed by atoms with Gasteiger partial charge in [-0.3, -0.25) is 25.2 Å². The Kier molecular flexibility index (Phi) is 5.94. The van der Waals surface area contributed by atoms with Gasteiger partial charge in [-0.05, 0) is 47.4 Å². The second-order valence-electron chi connectivity index (χ2n) is 8.15. The Morgan fingerprint density at radius 1 is 1.00 bits per heavy atom. The number of carbonyl (C=O) groups excluding carboxylic acids is 3. The third-order valence-corrected chi connectivity index (χ3v) is 5.20. The lowest BCUT2D eigenvalue weighted by molar-refractivity contribution is -0.126. The van der Waals surface area contributed by atoms with Crippen LogP contribution >= 0.6 is 11.6 Å². The molecule has 3 rings (SSSR count). The largest absolute Gasteiger partial charge is 0.312 e. The Morgan fingerprint density at radius 2 is 1.62 bits per heavy atom. The number of hydrogen-bond acceptors (Lipinski definition) is 3. The summed E-state index contributed by atoms with van der Waals surface area (Å²) in [7, 11) is 0. The summed E-state index contributed by atoms with van der Waals surface area (Å²) in [5.74, 6) is -1.48. The van der Waals surface area contributed by atoms with Crippen molar-refractivity contribution >= 4 is 35.0 Å². The third kappa shape index (κ3) is 4.95. The summed E-state index contributed by atoms with van der Waals surface area (Å²) < 4.78 is 0. The van der Waals surface area contributed by atoms with Crippen LogP contribution in [0.4, 0.5) is 5.69 Å². The minimum Gasteiger partial charge on any atom is -0.312 e. The lowest BCUT2D eigenvalue weighted by Crippen LogP contribution is -2.45. The van der Waals surface area contributed by atoms with Gasteiger partial charge in [-0.15, -0.1) is 0 Å². The first-order valence-electron chi connectivity index (χ1n) is 9.42. The predicted molar refractivity (Wildman–Crippen MR) is 113 cm³/mol. The molecule has 29 heavy (non-hydrogen) atoms. The van der Waals surface area contributed by atoms with Gasteiger partial charge < -0.3 is 4.90 Å². The zero-order chi connectivity index (χ0) is 21.2. The fourth-order valence-electron chi connectivity index (χ4n) is 3.17. The van der Waals surface area contributed by atoms with E-state index in [0.717, 1.165) is 5.56 Å². The van der Waals surface area contributed by atoms with Crippen LogP contribution in [0.2, 0.25) is 5.02 Å². The van der Waals surface area contributed by atoms with Crippen molar-refractivity contribution in [1.29, 1.82) is 0 Å². The number of amides is 3. The van der Waals surface area contributed by atoms with E-state index in [1.165, 1.54) is 0 Å². The number of anilines is 1.